The van der Waals surface area contributed by atoms with E-state index in [0.29, 0.717) is 11.2 Å². The molecule has 1 saturated heterocycles. The van der Waals surface area contributed by atoms with Crippen LogP contribution in [-0.4, -0.2) is 37.9 Å². The molecule has 1 aromatic carbocycles. The Morgan fingerprint density at radius 2 is 1.86 bits per heavy atom. The van der Waals surface area contributed by atoms with Gasteiger partial charge in [0.1, 0.15) is 17.0 Å². The zero-order chi connectivity index (χ0) is 19.1. The van der Waals surface area contributed by atoms with Gasteiger partial charge in [0, 0.05) is 12.0 Å². The fourth-order valence-electron chi connectivity index (χ4n) is 3.65. The molecule has 9 heteroatoms. The smallest absolute Gasteiger partial charge is 0.253 e. The van der Waals surface area contributed by atoms with Crippen LogP contribution in [0.5, 0.6) is 0 Å². The van der Waals surface area contributed by atoms with Crippen molar-refractivity contribution in [1.29, 1.82) is 0 Å². The van der Waals surface area contributed by atoms with E-state index in [2.05, 4.69) is 25.6 Å². The molecule has 0 amide bonds. The van der Waals surface area contributed by atoms with Gasteiger partial charge in [0.25, 0.3) is 17.3 Å². The molecule has 4 heterocycles. The van der Waals surface area contributed by atoms with Crippen LogP contribution in [0.25, 0.3) is 28.6 Å². The first kappa shape index (κ1) is 16.8. The van der Waals surface area contributed by atoms with E-state index in [9.17, 15) is 9.18 Å². The fourth-order valence-corrected chi connectivity index (χ4v) is 3.65. The maximum atomic E-state index is 14.0. The van der Waals surface area contributed by atoms with Crippen LogP contribution in [-0.2, 0) is 0 Å². The van der Waals surface area contributed by atoms with Crippen LogP contribution in [0.4, 0.5) is 4.39 Å². The van der Waals surface area contributed by atoms with Crippen LogP contribution in [0.1, 0.15) is 24.5 Å². The number of nitrogens with zero attached hydrogens (tertiary/aromatic N) is 4. The molecular formula is C19H17FN6O2. The SMILES string of the molecule is O=c1cc(C2CCNCC2)n2ncc(-c3nnc(-c4ccccc4F)o3)c2[nH]1. The van der Waals surface area contributed by atoms with Gasteiger partial charge >= 0.3 is 0 Å². The van der Waals surface area contributed by atoms with Crippen molar-refractivity contribution in [2.24, 2.45) is 0 Å². The largest absolute Gasteiger partial charge is 0.416 e. The van der Waals surface area contributed by atoms with Crippen LogP contribution >= 0.6 is 0 Å². The molecule has 0 radical (unpaired) electrons. The molecule has 5 rings (SSSR count). The zero-order valence-electron chi connectivity index (χ0n) is 14.9. The van der Waals surface area contributed by atoms with Crippen molar-refractivity contribution < 1.29 is 8.81 Å². The number of benzene rings is 1. The molecule has 142 valence electrons. The number of halogens is 1. The third-order valence-corrected chi connectivity index (χ3v) is 5.05. The van der Waals surface area contributed by atoms with E-state index in [0.717, 1.165) is 31.6 Å². The van der Waals surface area contributed by atoms with Crippen molar-refractivity contribution in [3.8, 4) is 22.9 Å². The van der Waals surface area contributed by atoms with Gasteiger partial charge in [-0.2, -0.15) is 5.10 Å². The Kier molecular flexibility index (Phi) is 4.01. The molecule has 4 aromatic rings. The van der Waals surface area contributed by atoms with Crippen LogP contribution < -0.4 is 10.9 Å². The van der Waals surface area contributed by atoms with Gasteiger partial charge in [0.05, 0.1) is 17.5 Å². The molecule has 3 aromatic heterocycles. The summed E-state index contributed by atoms with van der Waals surface area (Å²) in [6.45, 7) is 1.81. The highest BCUT2D eigenvalue weighted by Gasteiger charge is 2.23. The van der Waals surface area contributed by atoms with Gasteiger partial charge in [0.2, 0.25) is 0 Å². The van der Waals surface area contributed by atoms with Crippen molar-refractivity contribution in [1.82, 2.24) is 30.1 Å². The average Bonchev–Trinajstić information content (AvgIpc) is 3.35. The van der Waals surface area contributed by atoms with Crippen LogP contribution in [0.3, 0.4) is 0 Å². The Morgan fingerprint density at radius 3 is 2.64 bits per heavy atom. The van der Waals surface area contributed by atoms with Crippen molar-refractivity contribution >= 4 is 5.65 Å². The van der Waals surface area contributed by atoms with E-state index < -0.39 is 5.82 Å². The Labute approximate surface area is 158 Å². The highest BCUT2D eigenvalue weighted by Crippen LogP contribution is 2.30. The number of H-pyrrole nitrogens is 1. The molecule has 1 aliphatic heterocycles. The number of hydrogen-bond donors (Lipinski definition) is 2. The first-order chi connectivity index (χ1) is 13.7. The first-order valence-electron chi connectivity index (χ1n) is 9.11. The summed E-state index contributed by atoms with van der Waals surface area (Å²) in [6.07, 6.45) is 3.45. The minimum Gasteiger partial charge on any atom is -0.416 e. The summed E-state index contributed by atoms with van der Waals surface area (Å²) in [4.78, 5) is 15.1. The molecule has 0 aliphatic carbocycles. The topological polar surface area (TPSA) is 101 Å². The van der Waals surface area contributed by atoms with Gasteiger partial charge in [-0.1, -0.05) is 12.1 Å². The maximum absolute atomic E-state index is 14.0. The zero-order valence-corrected chi connectivity index (χ0v) is 14.9. The minimum absolute atomic E-state index is 0.0734. The highest BCUT2D eigenvalue weighted by atomic mass is 19.1. The Bertz CT molecular complexity index is 1200. The molecule has 1 aliphatic rings. The summed E-state index contributed by atoms with van der Waals surface area (Å²) in [7, 11) is 0. The van der Waals surface area contributed by atoms with Crippen molar-refractivity contribution in [2.75, 3.05) is 13.1 Å². The normalized spacial score (nSPS) is 15.3. The molecule has 0 unspecified atom stereocenters. The lowest BCUT2D eigenvalue weighted by Gasteiger charge is -2.23. The maximum Gasteiger partial charge on any atom is 0.253 e. The lowest BCUT2D eigenvalue weighted by molar-refractivity contribution is 0.446. The molecule has 2 N–H and O–H groups in total. The third kappa shape index (κ3) is 2.80. The van der Waals surface area contributed by atoms with Crippen LogP contribution in [0, 0.1) is 5.82 Å². The minimum atomic E-state index is -0.445. The third-order valence-electron chi connectivity index (χ3n) is 5.05. The van der Waals surface area contributed by atoms with Gasteiger partial charge in [-0.05, 0) is 38.1 Å². The molecule has 0 atom stereocenters. The summed E-state index contributed by atoms with van der Waals surface area (Å²) in [5.41, 5.74) is 1.87. The number of fused-ring (bicyclic) bond motifs is 1. The van der Waals surface area contributed by atoms with E-state index in [1.807, 2.05) is 0 Å². The van der Waals surface area contributed by atoms with Gasteiger partial charge in [-0.3, -0.25) is 4.79 Å². The van der Waals surface area contributed by atoms with Crippen molar-refractivity contribution in [2.45, 2.75) is 18.8 Å². The lowest BCUT2D eigenvalue weighted by atomic mass is 9.94. The average molecular weight is 380 g/mol. The summed E-state index contributed by atoms with van der Waals surface area (Å²) < 4.78 is 21.4. The van der Waals surface area contributed by atoms with E-state index >= 15 is 0 Å². The second kappa shape index (κ2) is 6.68. The molecule has 0 spiro atoms. The van der Waals surface area contributed by atoms with Crippen LogP contribution in [0.15, 0.2) is 45.7 Å². The van der Waals surface area contributed by atoms with Crippen molar-refractivity contribution in [3.05, 3.63) is 58.4 Å². The van der Waals surface area contributed by atoms with Crippen molar-refractivity contribution in [3.63, 3.8) is 0 Å². The number of nitrogens with one attached hydrogen (secondary N) is 2. The van der Waals surface area contributed by atoms with E-state index in [4.69, 9.17) is 4.42 Å². The van der Waals surface area contributed by atoms with Gasteiger partial charge in [-0.15, -0.1) is 10.2 Å². The predicted molar refractivity (Wildman–Crippen MR) is 99.3 cm³/mol. The molecular weight excluding hydrogens is 363 g/mol. The number of rotatable bonds is 3. The van der Waals surface area contributed by atoms with Gasteiger partial charge in [-0.25, -0.2) is 8.91 Å². The molecule has 0 saturated carbocycles. The fraction of sp³-hybridized carbons (Fsp3) is 0.263. The second-order valence-electron chi connectivity index (χ2n) is 6.79. The quantitative estimate of drug-likeness (QED) is 0.566. The van der Waals surface area contributed by atoms with Gasteiger partial charge < -0.3 is 14.7 Å². The summed E-state index contributed by atoms with van der Waals surface area (Å²) in [5, 5.41) is 15.7. The van der Waals surface area contributed by atoms with Crippen LogP contribution in [0.2, 0.25) is 0 Å². The second-order valence-corrected chi connectivity index (χ2v) is 6.79. The van der Waals surface area contributed by atoms with E-state index in [1.54, 1.807) is 35.0 Å². The standard InChI is InChI=1S/C19H17FN6O2/c20-14-4-2-1-3-12(14)18-24-25-19(28-18)13-10-22-26-15(9-16(27)23-17(13)26)11-5-7-21-8-6-11/h1-4,9-11,21H,5-8H2,(H,23,27). The first-order valence-corrected chi connectivity index (χ1v) is 9.11. The lowest BCUT2D eigenvalue weighted by Crippen LogP contribution is -2.28. The summed E-state index contributed by atoms with van der Waals surface area (Å²) >= 11 is 0. The summed E-state index contributed by atoms with van der Waals surface area (Å²) in [6, 6.07) is 7.78. The molecule has 0 bridgehead atoms. The number of piperidine rings is 1. The summed E-state index contributed by atoms with van der Waals surface area (Å²) in [5.74, 6) is 0.0466. The predicted octanol–water partition coefficient (Wildman–Crippen LogP) is 2.35. The Morgan fingerprint density at radius 1 is 1.11 bits per heavy atom. The molecule has 28 heavy (non-hydrogen) atoms. The Balaban J connectivity index is 1.60. The molecule has 8 nitrogen and oxygen atoms in total. The molecule has 1 fully saturated rings. The highest BCUT2D eigenvalue weighted by molar-refractivity contribution is 5.71. The number of aromatic nitrogens is 5. The monoisotopic (exact) mass is 380 g/mol. The van der Waals surface area contributed by atoms with E-state index in [-0.39, 0.29) is 28.8 Å². The van der Waals surface area contributed by atoms with E-state index in [1.165, 1.54) is 6.07 Å². The number of aromatic amines is 1. The Hall–Kier alpha value is -3.33. The van der Waals surface area contributed by atoms with Gasteiger partial charge in [0.15, 0.2) is 0 Å². The number of hydrogen-bond acceptors (Lipinski definition) is 6.